The molecule has 0 atom stereocenters. The average Bonchev–Trinajstić information content (AvgIpc) is 2.04. The Bertz CT molecular complexity index is 310. The van der Waals surface area contributed by atoms with Gasteiger partial charge in [-0.2, -0.15) is 0 Å². The van der Waals surface area contributed by atoms with Gasteiger partial charge in [0.2, 0.25) is 5.12 Å². The predicted molar refractivity (Wildman–Crippen MR) is 56.7 cm³/mol. The highest BCUT2D eigenvalue weighted by Crippen LogP contribution is 2.18. The van der Waals surface area contributed by atoms with Gasteiger partial charge in [0, 0.05) is 4.90 Å². The summed E-state index contributed by atoms with van der Waals surface area (Å²) in [5.74, 6) is 0. The van der Waals surface area contributed by atoms with Gasteiger partial charge in [0.05, 0.1) is 0 Å². The standard InChI is InChI=1S/C11H12OS/c1-9(2)8-11(12)13-10-6-4-3-5-7-10/h3-8H,1-2H3. The van der Waals surface area contributed by atoms with Gasteiger partial charge >= 0.3 is 0 Å². The maximum absolute atomic E-state index is 11.3. The monoisotopic (exact) mass is 192 g/mol. The van der Waals surface area contributed by atoms with E-state index in [9.17, 15) is 4.79 Å². The van der Waals surface area contributed by atoms with Crippen LogP contribution in [0.3, 0.4) is 0 Å². The summed E-state index contributed by atoms with van der Waals surface area (Å²) < 4.78 is 0. The Morgan fingerprint density at radius 2 is 1.85 bits per heavy atom. The van der Waals surface area contributed by atoms with Crippen molar-refractivity contribution in [1.82, 2.24) is 0 Å². The Hall–Kier alpha value is -1.02. The molecule has 2 heteroatoms. The van der Waals surface area contributed by atoms with Crippen molar-refractivity contribution in [3.63, 3.8) is 0 Å². The third-order valence-electron chi connectivity index (χ3n) is 1.37. The van der Waals surface area contributed by atoms with E-state index in [1.54, 1.807) is 6.08 Å². The summed E-state index contributed by atoms with van der Waals surface area (Å²) in [7, 11) is 0. The lowest BCUT2D eigenvalue weighted by Crippen LogP contribution is -1.85. The van der Waals surface area contributed by atoms with Crippen molar-refractivity contribution in [2.75, 3.05) is 0 Å². The van der Waals surface area contributed by atoms with E-state index in [-0.39, 0.29) is 5.12 Å². The number of carbonyl (C=O) groups excluding carboxylic acids is 1. The zero-order valence-electron chi connectivity index (χ0n) is 7.78. The first kappa shape index (κ1) is 10.1. The first-order valence-electron chi connectivity index (χ1n) is 4.10. The van der Waals surface area contributed by atoms with Crippen LogP contribution in [-0.2, 0) is 4.79 Å². The topological polar surface area (TPSA) is 17.1 Å². The molecular formula is C11H12OS. The normalized spacial score (nSPS) is 9.38. The van der Waals surface area contributed by atoms with E-state index in [1.165, 1.54) is 11.8 Å². The van der Waals surface area contributed by atoms with E-state index >= 15 is 0 Å². The molecule has 0 saturated carbocycles. The molecule has 13 heavy (non-hydrogen) atoms. The highest BCUT2D eigenvalue weighted by Gasteiger charge is 1.99. The Morgan fingerprint density at radius 3 is 2.38 bits per heavy atom. The van der Waals surface area contributed by atoms with E-state index in [0.717, 1.165) is 10.5 Å². The molecule has 68 valence electrons. The molecule has 1 aromatic carbocycles. The number of thioether (sulfide) groups is 1. The van der Waals surface area contributed by atoms with Crippen LogP contribution < -0.4 is 0 Å². The van der Waals surface area contributed by atoms with Crippen LogP contribution in [0, 0.1) is 0 Å². The average molecular weight is 192 g/mol. The molecule has 0 aliphatic heterocycles. The van der Waals surface area contributed by atoms with Crippen molar-refractivity contribution >= 4 is 16.9 Å². The number of hydrogen-bond acceptors (Lipinski definition) is 2. The van der Waals surface area contributed by atoms with Crippen molar-refractivity contribution in [3.05, 3.63) is 42.0 Å². The molecule has 0 spiro atoms. The summed E-state index contributed by atoms with van der Waals surface area (Å²) in [4.78, 5) is 12.3. The Morgan fingerprint density at radius 1 is 1.23 bits per heavy atom. The molecule has 0 heterocycles. The van der Waals surface area contributed by atoms with Crippen LogP contribution in [0.15, 0.2) is 46.9 Å². The lowest BCUT2D eigenvalue weighted by atomic mass is 10.3. The van der Waals surface area contributed by atoms with Gasteiger partial charge in [0.1, 0.15) is 0 Å². The van der Waals surface area contributed by atoms with Crippen LogP contribution >= 0.6 is 11.8 Å². The zero-order chi connectivity index (χ0) is 9.68. The van der Waals surface area contributed by atoms with E-state index < -0.39 is 0 Å². The van der Waals surface area contributed by atoms with E-state index in [0.29, 0.717) is 0 Å². The minimum atomic E-state index is 0.0891. The highest BCUT2D eigenvalue weighted by atomic mass is 32.2. The fraction of sp³-hybridized carbons (Fsp3) is 0.182. The van der Waals surface area contributed by atoms with Crippen molar-refractivity contribution in [2.45, 2.75) is 18.7 Å². The predicted octanol–water partition coefficient (Wildman–Crippen LogP) is 3.27. The lowest BCUT2D eigenvalue weighted by molar-refractivity contribution is -0.107. The van der Waals surface area contributed by atoms with Crippen LogP contribution in [0.1, 0.15) is 13.8 Å². The summed E-state index contributed by atoms with van der Waals surface area (Å²) in [5, 5.41) is 0.0891. The Kier molecular flexibility index (Phi) is 3.77. The molecule has 0 unspecified atom stereocenters. The van der Waals surface area contributed by atoms with Crippen LogP contribution in [0.5, 0.6) is 0 Å². The van der Waals surface area contributed by atoms with E-state index in [2.05, 4.69) is 0 Å². The van der Waals surface area contributed by atoms with Gasteiger partial charge in [-0.1, -0.05) is 23.8 Å². The quantitative estimate of drug-likeness (QED) is 0.528. The van der Waals surface area contributed by atoms with E-state index in [4.69, 9.17) is 0 Å². The zero-order valence-corrected chi connectivity index (χ0v) is 8.60. The number of hydrogen-bond donors (Lipinski definition) is 0. The van der Waals surface area contributed by atoms with Crippen molar-refractivity contribution in [1.29, 1.82) is 0 Å². The first-order valence-corrected chi connectivity index (χ1v) is 4.92. The van der Waals surface area contributed by atoms with Crippen molar-refractivity contribution in [3.8, 4) is 0 Å². The summed E-state index contributed by atoms with van der Waals surface area (Å²) in [6.45, 7) is 3.84. The van der Waals surface area contributed by atoms with E-state index in [1.807, 2.05) is 44.2 Å². The van der Waals surface area contributed by atoms with Gasteiger partial charge in [0.25, 0.3) is 0 Å². The molecule has 0 aliphatic rings. The molecular weight excluding hydrogens is 180 g/mol. The summed E-state index contributed by atoms with van der Waals surface area (Å²) in [5.41, 5.74) is 1.04. The number of allylic oxidation sites excluding steroid dienone is 1. The number of rotatable bonds is 2. The number of carbonyl (C=O) groups is 1. The van der Waals surface area contributed by atoms with Gasteiger partial charge in [-0.3, -0.25) is 4.79 Å². The van der Waals surface area contributed by atoms with Crippen LogP contribution in [-0.4, -0.2) is 5.12 Å². The summed E-state index contributed by atoms with van der Waals surface area (Å²) in [6, 6.07) is 9.66. The number of benzene rings is 1. The molecule has 0 N–H and O–H groups in total. The first-order chi connectivity index (χ1) is 6.18. The fourth-order valence-corrected chi connectivity index (χ4v) is 1.69. The molecule has 0 bridgehead atoms. The van der Waals surface area contributed by atoms with Crippen molar-refractivity contribution < 1.29 is 4.79 Å². The molecule has 1 rings (SSSR count). The Balaban J connectivity index is 2.61. The minimum Gasteiger partial charge on any atom is -0.282 e. The molecule has 1 nitrogen and oxygen atoms in total. The molecule has 0 aromatic heterocycles. The van der Waals surface area contributed by atoms with Crippen LogP contribution in [0.2, 0.25) is 0 Å². The van der Waals surface area contributed by atoms with Gasteiger partial charge in [-0.05, 0) is 43.8 Å². The maximum Gasteiger partial charge on any atom is 0.216 e. The second-order valence-electron chi connectivity index (χ2n) is 2.96. The maximum atomic E-state index is 11.3. The lowest BCUT2D eigenvalue weighted by Gasteiger charge is -1.95. The van der Waals surface area contributed by atoms with Crippen LogP contribution in [0.4, 0.5) is 0 Å². The summed E-state index contributed by atoms with van der Waals surface area (Å²) >= 11 is 1.26. The SMILES string of the molecule is CC(C)=CC(=O)Sc1ccccc1. The second-order valence-corrected chi connectivity index (χ2v) is 4.03. The van der Waals surface area contributed by atoms with Gasteiger partial charge in [-0.25, -0.2) is 0 Å². The third kappa shape index (κ3) is 3.95. The smallest absolute Gasteiger partial charge is 0.216 e. The largest absolute Gasteiger partial charge is 0.282 e. The molecule has 0 saturated heterocycles. The third-order valence-corrected chi connectivity index (χ3v) is 2.20. The Labute approximate surface area is 82.9 Å². The van der Waals surface area contributed by atoms with Gasteiger partial charge in [-0.15, -0.1) is 0 Å². The fourth-order valence-electron chi connectivity index (χ4n) is 0.870. The van der Waals surface area contributed by atoms with Crippen molar-refractivity contribution in [2.24, 2.45) is 0 Å². The molecule has 0 radical (unpaired) electrons. The van der Waals surface area contributed by atoms with Gasteiger partial charge < -0.3 is 0 Å². The highest BCUT2D eigenvalue weighted by molar-refractivity contribution is 8.14. The van der Waals surface area contributed by atoms with Crippen LogP contribution in [0.25, 0.3) is 0 Å². The second kappa shape index (κ2) is 4.87. The van der Waals surface area contributed by atoms with Gasteiger partial charge in [0.15, 0.2) is 0 Å². The minimum absolute atomic E-state index is 0.0891. The molecule has 0 aliphatic carbocycles. The molecule has 0 amide bonds. The molecule has 0 fully saturated rings. The molecule has 1 aromatic rings. The summed E-state index contributed by atoms with van der Waals surface area (Å²) in [6.07, 6.45) is 1.65.